The van der Waals surface area contributed by atoms with Crippen molar-refractivity contribution >= 4 is 28.6 Å². The van der Waals surface area contributed by atoms with Gasteiger partial charge in [0, 0.05) is 22.6 Å². The van der Waals surface area contributed by atoms with Gasteiger partial charge in [0.1, 0.15) is 0 Å². The van der Waals surface area contributed by atoms with Crippen LogP contribution in [0.25, 0.3) is 0 Å². The summed E-state index contributed by atoms with van der Waals surface area (Å²) in [7, 11) is 0. The van der Waals surface area contributed by atoms with E-state index >= 15 is 0 Å². The normalized spacial score (nSPS) is 18.5. The lowest BCUT2D eigenvalue weighted by molar-refractivity contribution is -0.137. The van der Waals surface area contributed by atoms with Gasteiger partial charge in [-0.05, 0) is 17.7 Å². The van der Waals surface area contributed by atoms with E-state index in [1.807, 2.05) is 0 Å². The fraction of sp³-hybridized carbons (Fsp3) is 0.231. The Morgan fingerprint density at radius 1 is 1.24 bits per heavy atom. The average Bonchev–Trinajstić information content (AvgIpc) is 3.07. The van der Waals surface area contributed by atoms with Gasteiger partial charge in [-0.2, -0.15) is 18.3 Å². The Labute approximate surface area is 127 Å². The lowest BCUT2D eigenvalue weighted by Gasteiger charge is -2.09. The molecule has 1 aromatic carbocycles. The summed E-state index contributed by atoms with van der Waals surface area (Å²) in [6, 6.07) is 7.05. The molecule has 0 spiro atoms. The van der Waals surface area contributed by atoms with Crippen LogP contribution in [-0.4, -0.2) is 17.2 Å². The average molecular weight is 332 g/mol. The fourth-order valence-electron chi connectivity index (χ4n) is 2.10. The maximum absolute atomic E-state index is 12.6. The summed E-state index contributed by atoms with van der Waals surface area (Å²) in [6.45, 7) is 0.456. The van der Waals surface area contributed by atoms with Gasteiger partial charge in [-0.25, -0.2) is 4.98 Å². The minimum atomic E-state index is -4.41. The standard InChI is InChI=1S/C13H9ClF3N3S/c14-8-3-1-7(2-4-8)11-9(5-19-20-11)10-6-18-12(21-10)13(15,16)17/h1-4,6,9,19H,5H2. The molecule has 0 bridgehead atoms. The number of rotatable bonds is 2. The zero-order valence-corrected chi connectivity index (χ0v) is 12.1. The van der Waals surface area contributed by atoms with E-state index in [0.717, 1.165) is 5.56 Å². The Morgan fingerprint density at radius 2 is 1.95 bits per heavy atom. The maximum atomic E-state index is 12.6. The molecule has 1 unspecified atom stereocenters. The van der Waals surface area contributed by atoms with Crippen LogP contribution in [0.15, 0.2) is 35.6 Å². The van der Waals surface area contributed by atoms with Gasteiger partial charge < -0.3 is 5.43 Å². The molecular weight excluding hydrogens is 323 g/mol. The highest BCUT2D eigenvalue weighted by molar-refractivity contribution is 7.12. The Balaban J connectivity index is 1.90. The molecule has 8 heteroatoms. The van der Waals surface area contributed by atoms with Crippen LogP contribution in [0, 0.1) is 0 Å². The number of thiazole rings is 1. The summed E-state index contributed by atoms with van der Waals surface area (Å²) in [5, 5.41) is 3.95. The zero-order chi connectivity index (χ0) is 15.0. The number of hydrogen-bond donors (Lipinski definition) is 1. The molecule has 1 N–H and O–H groups in total. The SMILES string of the molecule is FC(F)(F)c1ncc(C2CNN=C2c2ccc(Cl)cc2)s1. The van der Waals surface area contributed by atoms with E-state index in [4.69, 9.17) is 11.6 Å². The van der Waals surface area contributed by atoms with Crippen molar-refractivity contribution in [2.24, 2.45) is 5.10 Å². The van der Waals surface area contributed by atoms with E-state index in [-0.39, 0.29) is 5.92 Å². The Bertz CT molecular complexity index is 679. The summed E-state index contributed by atoms with van der Waals surface area (Å²) < 4.78 is 37.9. The minimum Gasteiger partial charge on any atom is -0.309 e. The van der Waals surface area contributed by atoms with E-state index in [9.17, 15) is 13.2 Å². The molecule has 3 nitrogen and oxygen atoms in total. The summed E-state index contributed by atoms with van der Waals surface area (Å²) in [5.74, 6) is -0.236. The first kappa shape index (κ1) is 14.3. The molecule has 1 aliphatic rings. The summed E-state index contributed by atoms with van der Waals surface area (Å²) in [4.78, 5) is 4.01. The van der Waals surface area contributed by atoms with Crippen molar-refractivity contribution in [2.45, 2.75) is 12.1 Å². The highest BCUT2D eigenvalue weighted by Crippen LogP contribution is 2.36. The molecule has 3 rings (SSSR count). The van der Waals surface area contributed by atoms with Gasteiger partial charge in [0.15, 0.2) is 5.01 Å². The maximum Gasteiger partial charge on any atom is 0.443 e. The summed E-state index contributed by atoms with van der Waals surface area (Å²) in [6.07, 6.45) is -3.14. The third kappa shape index (κ3) is 2.89. The Kier molecular flexibility index (Phi) is 3.62. The van der Waals surface area contributed by atoms with Gasteiger partial charge >= 0.3 is 6.18 Å². The topological polar surface area (TPSA) is 37.3 Å². The molecule has 0 aliphatic carbocycles. The lowest BCUT2D eigenvalue weighted by Crippen LogP contribution is -2.13. The van der Waals surface area contributed by atoms with Crippen LogP contribution in [0.3, 0.4) is 0 Å². The number of halogens is 4. The number of alkyl halides is 3. The quantitative estimate of drug-likeness (QED) is 0.906. The van der Waals surface area contributed by atoms with E-state index < -0.39 is 11.2 Å². The van der Waals surface area contributed by atoms with Crippen molar-refractivity contribution in [3.8, 4) is 0 Å². The lowest BCUT2D eigenvalue weighted by atomic mass is 9.97. The molecule has 1 atom stereocenters. The smallest absolute Gasteiger partial charge is 0.309 e. The molecule has 0 radical (unpaired) electrons. The monoisotopic (exact) mass is 331 g/mol. The van der Waals surface area contributed by atoms with Gasteiger partial charge in [0.05, 0.1) is 11.6 Å². The summed E-state index contributed by atoms with van der Waals surface area (Å²) >= 11 is 6.49. The van der Waals surface area contributed by atoms with E-state index in [0.29, 0.717) is 33.5 Å². The van der Waals surface area contributed by atoms with Crippen LogP contribution in [0.4, 0.5) is 13.2 Å². The number of hydrazone groups is 1. The van der Waals surface area contributed by atoms with Crippen molar-refractivity contribution in [3.05, 3.63) is 50.9 Å². The van der Waals surface area contributed by atoms with Crippen LogP contribution in [0.2, 0.25) is 5.02 Å². The van der Waals surface area contributed by atoms with E-state index in [1.165, 1.54) is 6.20 Å². The first-order chi connectivity index (χ1) is 9.95. The number of hydrogen-bond acceptors (Lipinski definition) is 4. The van der Waals surface area contributed by atoms with Gasteiger partial charge in [-0.15, -0.1) is 11.3 Å². The van der Waals surface area contributed by atoms with Crippen molar-refractivity contribution < 1.29 is 13.2 Å². The minimum absolute atomic E-state index is 0.236. The van der Waals surface area contributed by atoms with Crippen molar-refractivity contribution in [2.75, 3.05) is 6.54 Å². The predicted octanol–water partition coefficient (Wildman–Crippen LogP) is 3.91. The van der Waals surface area contributed by atoms with Crippen LogP contribution in [0.5, 0.6) is 0 Å². The second kappa shape index (κ2) is 5.31. The third-order valence-corrected chi connectivity index (χ3v) is 4.48. The molecule has 2 aromatic rings. The predicted molar refractivity (Wildman–Crippen MR) is 75.8 cm³/mol. The van der Waals surface area contributed by atoms with Crippen LogP contribution in [0.1, 0.15) is 21.4 Å². The number of aromatic nitrogens is 1. The van der Waals surface area contributed by atoms with Crippen molar-refractivity contribution in [1.82, 2.24) is 10.4 Å². The molecule has 1 aliphatic heterocycles. The van der Waals surface area contributed by atoms with Gasteiger partial charge in [0.25, 0.3) is 0 Å². The van der Waals surface area contributed by atoms with Crippen LogP contribution in [-0.2, 0) is 6.18 Å². The number of benzene rings is 1. The third-order valence-electron chi connectivity index (χ3n) is 3.07. The fourth-order valence-corrected chi connectivity index (χ4v) is 3.11. The molecule has 0 amide bonds. The molecular formula is C13H9ClF3N3S. The number of nitrogens with one attached hydrogen (secondary N) is 1. The molecule has 21 heavy (non-hydrogen) atoms. The highest BCUT2D eigenvalue weighted by atomic mass is 35.5. The first-order valence-electron chi connectivity index (χ1n) is 6.04. The van der Waals surface area contributed by atoms with Crippen LogP contribution < -0.4 is 5.43 Å². The van der Waals surface area contributed by atoms with E-state index in [2.05, 4.69) is 15.5 Å². The van der Waals surface area contributed by atoms with E-state index in [1.54, 1.807) is 24.3 Å². The van der Waals surface area contributed by atoms with Crippen molar-refractivity contribution in [3.63, 3.8) is 0 Å². The zero-order valence-electron chi connectivity index (χ0n) is 10.5. The first-order valence-corrected chi connectivity index (χ1v) is 7.24. The van der Waals surface area contributed by atoms with Crippen LogP contribution >= 0.6 is 22.9 Å². The molecule has 0 saturated carbocycles. The van der Waals surface area contributed by atoms with Gasteiger partial charge in [-0.3, -0.25) is 0 Å². The molecule has 0 saturated heterocycles. The van der Waals surface area contributed by atoms with Crippen molar-refractivity contribution in [1.29, 1.82) is 0 Å². The molecule has 0 fully saturated rings. The highest BCUT2D eigenvalue weighted by Gasteiger charge is 2.36. The summed E-state index contributed by atoms with van der Waals surface area (Å²) in [5.41, 5.74) is 4.36. The Morgan fingerprint density at radius 3 is 2.57 bits per heavy atom. The second-order valence-corrected chi connectivity index (χ2v) is 5.98. The van der Waals surface area contributed by atoms with Gasteiger partial charge in [0.2, 0.25) is 0 Å². The molecule has 1 aromatic heterocycles. The molecule has 110 valence electrons. The largest absolute Gasteiger partial charge is 0.443 e. The molecule has 2 heterocycles. The number of nitrogens with zero attached hydrogens (tertiary/aromatic N) is 2. The van der Waals surface area contributed by atoms with Gasteiger partial charge in [-0.1, -0.05) is 23.7 Å². The second-order valence-electron chi connectivity index (χ2n) is 4.48. The Hall–Kier alpha value is -1.60.